The van der Waals surface area contributed by atoms with E-state index in [1.165, 1.54) is 32.4 Å². The largest absolute Gasteiger partial charge is 0.507 e. The highest BCUT2D eigenvalue weighted by molar-refractivity contribution is 6.09. The van der Waals surface area contributed by atoms with E-state index in [1.807, 2.05) is 6.92 Å². The molecule has 0 bridgehead atoms. The Labute approximate surface area is 183 Å². The van der Waals surface area contributed by atoms with Crippen molar-refractivity contribution in [1.29, 1.82) is 0 Å². The molecule has 3 aliphatic rings. The van der Waals surface area contributed by atoms with Crippen molar-refractivity contribution in [3.05, 3.63) is 47.0 Å². The molecule has 3 N–H and O–H groups in total. The van der Waals surface area contributed by atoms with Gasteiger partial charge in [-0.2, -0.15) is 0 Å². The minimum absolute atomic E-state index is 0.0251. The van der Waals surface area contributed by atoms with Gasteiger partial charge in [-0.3, -0.25) is 4.79 Å². The molecule has 0 spiro atoms. The minimum Gasteiger partial charge on any atom is -0.507 e. The molecular formula is C23H22O9. The molecule has 0 unspecified atom stereocenters. The second kappa shape index (κ2) is 6.78. The van der Waals surface area contributed by atoms with Crippen molar-refractivity contribution in [3.63, 3.8) is 0 Å². The Hall–Kier alpha value is -3.43. The van der Waals surface area contributed by atoms with Gasteiger partial charge in [-0.05, 0) is 18.6 Å². The number of aliphatic hydroxyl groups excluding tert-OH is 1. The zero-order chi connectivity index (χ0) is 22.9. The standard InChI is InChI=1S/C23H22O9/c1-9(2)13-5-10-14(30-13)7-12(24)18-19(10)32-21-22(26)31-15-8-17(29-4)16(28-3)6-11(15)23(21,27)20(18)25/h6-8,13,21-22,24,26-27H,1,5H2,2-4H3/t13-,21+,22+,23+/m1/s1. The number of aromatic hydroxyl groups is 1. The summed E-state index contributed by atoms with van der Waals surface area (Å²) in [4.78, 5) is 13.7. The Balaban J connectivity index is 1.70. The highest BCUT2D eigenvalue weighted by atomic mass is 16.6. The molecule has 0 saturated heterocycles. The molecule has 168 valence electrons. The fraction of sp³-hybridized carbons (Fsp3) is 0.348. The highest BCUT2D eigenvalue weighted by Gasteiger charge is 2.61. The molecule has 2 aromatic rings. The third kappa shape index (κ3) is 2.55. The second-order valence-corrected chi connectivity index (χ2v) is 8.08. The molecule has 3 heterocycles. The topological polar surface area (TPSA) is 124 Å². The van der Waals surface area contributed by atoms with Crippen LogP contribution in [0.2, 0.25) is 0 Å². The van der Waals surface area contributed by atoms with Gasteiger partial charge in [0.2, 0.25) is 18.2 Å². The number of carbonyl (C=O) groups excluding carboxylic acids is 1. The Morgan fingerprint density at radius 3 is 2.47 bits per heavy atom. The maximum Gasteiger partial charge on any atom is 0.238 e. The number of carbonyl (C=O) groups is 1. The molecule has 5 rings (SSSR count). The van der Waals surface area contributed by atoms with Crippen LogP contribution in [0, 0.1) is 0 Å². The molecule has 0 fully saturated rings. The van der Waals surface area contributed by atoms with Gasteiger partial charge in [0, 0.05) is 29.7 Å². The summed E-state index contributed by atoms with van der Waals surface area (Å²) in [6.07, 6.45) is -3.16. The van der Waals surface area contributed by atoms with Crippen molar-refractivity contribution in [2.24, 2.45) is 0 Å². The predicted octanol–water partition coefficient (Wildman–Crippen LogP) is 1.83. The molecule has 0 radical (unpaired) electrons. The molecule has 0 aromatic heterocycles. The number of fused-ring (bicyclic) bond motifs is 6. The molecule has 4 atom stereocenters. The summed E-state index contributed by atoms with van der Waals surface area (Å²) < 4.78 is 27.9. The number of phenols is 1. The molecule has 0 aliphatic carbocycles. The SMILES string of the molecule is C=C(C)[C@H]1Cc2c(cc(O)c3c2O[C@H]2[C@@H](O)Oc4cc(OC)c(OC)cc4[C@]2(O)C3=O)O1. The number of rotatable bonds is 3. The van der Waals surface area contributed by atoms with E-state index in [4.69, 9.17) is 23.7 Å². The first-order valence-corrected chi connectivity index (χ1v) is 9.96. The molecule has 9 nitrogen and oxygen atoms in total. The monoisotopic (exact) mass is 442 g/mol. The number of aliphatic hydroxyl groups is 2. The van der Waals surface area contributed by atoms with Gasteiger partial charge in [0.05, 0.1) is 14.2 Å². The van der Waals surface area contributed by atoms with E-state index in [2.05, 4.69) is 6.58 Å². The summed E-state index contributed by atoms with van der Waals surface area (Å²) in [6.45, 7) is 5.71. The Morgan fingerprint density at radius 2 is 1.81 bits per heavy atom. The second-order valence-electron chi connectivity index (χ2n) is 8.08. The lowest BCUT2D eigenvalue weighted by Crippen LogP contribution is -2.61. The van der Waals surface area contributed by atoms with Crippen molar-refractivity contribution in [1.82, 2.24) is 0 Å². The van der Waals surface area contributed by atoms with Gasteiger partial charge in [0.25, 0.3) is 0 Å². The zero-order valence-electron chi connectivity index (χ0n) is 17.7. The number of hydrogen-bond donors (Lipinski definition) is 3. The van der Waals surface area contributed by atoms with Gasteiger partial charge in [-0.25, -0.2) is 0 Å². The van der Waals surface area contributed by atoms with Crippen molar-refractivity contribution in [2.45, 2.75) is 37.4 Å². The summed E-state index contributed by atoms with van der Waals surface area (Å²) in [6, 6.07) is 4.12. The van der Waals surface area contributed by atoms with Crippen LogP contribution in [0.3, 0.4) is 0 Å². The summed E-state index contributed by atoms with van der Waals surface area (Å²) in [5, 5.41) is 33.0. The minimum atomic E-state index is -2.35. The smallest absolute Gasteiger partial charge is 0.238 e. The van der Waals surface area contributed by atoms with E-state index in [1.54, 1.807) is 0 Å². The van der Waals surface area contributed by atoms with Gasteiger partial charge < -0.3 is 39.0 Å². The predicted molar refractivity (Wildman–Crippen MR) is 110 cm³/mol. The van der Waals surface area contributed by atoms with Gasteiger partial charge in [-0.15, -0.1) is 0 Å². The fourth-order valence-corrected chi connectivity index (χ4v) is 4.49. The average Bonchev–Trinajstić information content (AvgIpc) is 3.19. The Morgan fingerprint density at radius 1 is 1.12 bits per heavy atom. The van der Waals surface area contributed by atoms with Crippen LogP contribution in [-0.2, 0) is 12.0 Å². The first kappa shape index (κ1) is 20.5. The molecule has 3 aliphatic heterocycles. The first-order chi connectivity index (χ1) is 15.2. The molecular weight excluding hydrogens is 420 g/mol. The lowest BCUT2D eigenvalue weighted by molar-refractivity contribution is -0.179. The van der Waals surface area contributed by atoms with E-state index >= 15 is 0 Å². The van der Waals surface area contributed by atoms with Crippen molar-refractivity contribution >= 4 is 5.78 Å². The number of benzene rings is 2. The number of Topliss-reactive ketones (excluding diaryl/α,β-unsaturated/α-hetero) is 1. The van der Waals surface area contributed by atoms with Gasteiger partial charge in [-0.1, -0.05) is 6.58 Å². The van der Waals surface area contributed by atoms with Crippen LogP contribution in [0.1, 0.15) is 28.4 Å². The Bertz CT molecular complexity index is 1170. The number of hydrogen-bond acceptors (Lipinski definition) is 9. The van der Waals surface area contributed by atoms with Crippen LogP contribution in [0.5, 0.6) is 34.5 Å². The molecule has 2 aromatic carbocycles. The summed E-state index contributed by atoms with van der Waals surface area (Å²) in [5.74, 6) is -0.276. The van der Waals surface area contributed by atoms with E-state index in [9.17, 15) is 20.1 Å². The maximum atomic E-state index is 13.7. The van der Waals surface area contributed by atoms with E-state index in [0.717, 1.165) is 5.57 Å². The van der Waals surface area contributed by atoms with Gasteiger partial charge >= 0.3 is 0 Å². The summed E-state index contributed by atoms with van der Waals surface area (Å²) in [7, 11) is 2.83. The first-order valence-electron chi connectivity index (χ1n) is 9.96. The van der Waals surface area contributed by atoms with Crippen molar-refractivity contribution in [2.75, 3.05) is 14.2 Å². The van der Waals surface area contributed by atoms with Crippen LogP contribution >= 0.6 is 0 Å². The fourth-order valence-electron chi connectivity index (χ4n) is 4.49. The lowest BCUT2D eigenvalue weighted by atomic mass is 9.76. The lowest BCUT2D eigenvalue weighted by Gasteiger charge is -2.45. The third-order valence-corrected chi connectivity index (χ3v) is 6.16. The number of phenolic OH excluding ortho intramolecular Hbond substituents is 1. The number of ketones is 1. The average molecular weight is 442 g/mol. The third-order valence-electron chi connectivity index (χ3n) is 6.16. The maximum absolute atomic E-state index is 13.7. The van der Waals surface area contributed by atoms with Crippen LogP contribution < -0.4 is 23.7 Å². The summed E-state index contributed by atoms with van der Waals surface area (Å²) >= 11 is 0. The molecule has 32 heavy (non-hydrogen) atoms. The summed E-state index contributed by atoms with van der Waals surface area (Å²) in [5.41, 5.74) is -1.20. The Kier molecular flexibility index (Phi) is 4.34. The van der Waals surface area contributed by atoms with Crippen LogP contribution in [0.25, 0.3) is 0 Å². The van der Waals surface area contributed by atoms with Gasteiger partial charge in [0.15, 0.2) is 17.1 Å². The van der Waals surface area contributed by atoms with E-state index < -0.39 is 29.5 Å². The van der Waals surface area contributed by atoms with Crippen molar-refractivity contribution in [3.8, 4) is 34.5 Å². The number of methoxy groups -OCH3 is 2. The molecule has 0 saturated carbocycles. The van der Waals surface area contributed by atoms with Crippen molar-refractivity contribution < 1.29 is 43.8 Å². The quantitative estimate of drug-likeness (QED) is 0.611. The molecule has 0 amide bonds. The van der Waals surface area contributed by atoms with Crippen LogP contribution in [-0.4, -0.2) is 53.8 Å². The van der Waals surface area contributed by atoms with E-state index in [-0.39, 0.29) is 40.2 Å². The highest BCUT2D eigenvalue weighted by Crippen LogP contribution is 2.54. The van der Waals surface area contributed by atoms with Crippen LogP contribution in [0.4, 0.5) is 0 Å². The zero-order valence-corrected chi connectivity index (χ0v) is 17.7. The van der Waals surface area contributed by atoms with Crippen LogP contribution in [0.15, 0.2) is 30.4 Å². The van der Waals surface area contributed by atoms with E-state index in [0.29, 0.717) is 17.7 Å². The number of ether oxygens (including phenoxy) is 5. The van der Waals surface area contributed by atoms with Gasteiger partial charge in [0.1, 0.15) is 34.7 Å². The normalized spacial score (nSPS) is 27.0. The molecule has 9 heteroatoms.